The van der Waals surface area contributed by atoms with Gasteiger partial charge in [0, 0.05) is 11.8 Å². The standard InChI is InChI=1S/C12H17FO3S/c1-7-5-8(2)11(10(13)6-7)12(14)9(3)17(4,15)16/h5-6,9,12,14H,1-4H3. The lowest BCUT2D eigenvalue weighted by Gasteiger charge is -2.20. The van der Waals surface area contributed by atoms with Crippen LogP contribution in [-0.4, -0.2) is 25.0 Å². The van der Waals surface area contributed by atoms with E-state index in [1.807, 2.05) is 0 Å². The number of aryl methyl sites for hydroxylation is 2. The summed E-state index contributed by atoms with van der Waals surface area (Å²) in [5.41, 5.74) is 1.36. The fraction of sp³-hybridized carbons (Fsp3) is 0.500. The Hall–Kier alpha value is -0.940. The molecule has 96 valence electrons. The van der Waals surface area contributed by atoms with Crippen molar-refractivity contribution in [1.29, 1.82) is 0 Å². The lowest BCUT2D eigenvalue weighted by Crippen LogP contribution is -2.25. The smallest absolute Gasteiger partial charge is 0.152 e. The average molecular weight is 260 g/mol. The molecule has 0 fully saturated rings. The molecule has 0 bridgehead atoms. The number of rotatable bonds is 3. The third kappa shape index (κ3) is 3.04. The zero-order valence-corrected chi connectivity index (χ0v) is 11.2. The summed E-state index contributed by atoms with van der Waals surface area (Å²) in [7, 11) is -3.41. The third-order valence-electron chi connectivity index (χ3n) is 2.90. The maximum absolute atomic E-state index is 13.8. The topological polar surface area (TPSA) is 54.4 Å². The molecule has 2 atom stereocenters. The molecule has 1 N–H and O–H groups in total. The second-order valence-corrected chi connectivity index (χ2v) is 6.86. The molecule has 0 aromatic heterocycles. The molecular formula is C12H17FO3S. The van der Waals surface area contributed by atoms with Gasteiger partial charge in [-0.3, -0.25) is 0 Å². The molecule has 0 amide bonds. The van der Waals surface area contributed by atoms with Gasteiger partial charge in [-0.15, -0.1) is 0 Å². The van der Waals surface area contributed by atoms with Gasteiger partial charge in [-0.05, 0) is 38.0 Å². The quantitative estimate of drug-likeness (QED) is 0.903. The first-order chi connectivity index (χ1) is 7.64. The van der Waals surface area contributed by atoms with Crippen LogP contribution in [0.15, 0.2) is 12.1 Å². The van der Waals surface area contributed by atoms with Crippen LogP contribution >= 0.6 is 0 Å². The van der Waals surface area contributed by atoms with Gasteiger partial charge in [-0.1, -0.05) is 6.07 Å². The average Bonchev–Trinajstić information content (AvgIpc) is 2.13. The molecular weight excluding hydrogens is 243 g/mol. The van der Waals surface area contributed by atoms with E-state index in [2.05, 4.69) is 0 Å². The van der Waals surface area contributed by atoms with Crippen LogP contribution in [0.4, 0.5) is 4.39 Å². The highest BCUT2D eigenvalue weighted by Gasteiger charge is 2.28. The minimum Gasteiger partial charge on any atom is -0.387 e. The van der Waals surface area contributed by atoms with Gasteiger partial charge in [0.25, 0.3) is 0 Å². The zero-order chi connectivity index (χ0) is 13.4. The molecule has 1 aromatic carbocycles. The fourth-order valence-electron chi connectivity index (χ4n) is 1.77. The zero-order valence-electron chi connectivity index (χ0n) is 10.4. The van der Waals surface area contributed by atoms with Crippen molar-refractivity contribution in [3.63, 3.8) is 0 Å². The Labute approximate surface area is 101 Å². The van der Waals surface area contributed by atoms with Gasteiger partial charge in [0.1, 0.15) is 5.82 Å². The van der Waals surface area contributed by atoms with E-state index in [0.29, 0.717) is 5.56 Å². The third-order valence-corrected chi connectivity index (χ3v) is 4.50. The summed E-state index contributed by atoms with van der Waals surface area (Å²) in [6.45, 7) is 4.77. The second-order valence-electron chi connectivity index (χ2n) is 4.46. The predicted octanol–water partition coefficient (Wildman–Crippen LogP) is 1.91. The molecule has 5 heteroatoms. The van der Waals surface area contributed by atoms with Crippen LogP contribution in [0.5, 0.6) is 0 Å². The Morgan fingerprint density at radius 2 is 1.82 bits per heavy atom. The van der Waals surface area contributed by atoms with Crippen molar-refractivity contribution in [1.82, 2.24) is 0 Å². The summed E-state index contributed by atoms with van der Waals surface area (Å²) >= 11 is 0. The summed E-state index contributed by atoms with van der Waals surface area (Å²) in [5, 5.41) is 8.93. The largest absolute Gasteiger partial charge is 0.387 e. The predicted molar refractivity (Wildman–Crippen MR) is 65.1 cm³/mol. The Kier molecular flexibility index (Phi) is 3.94. The molecule has 0 saturated heterocycles. The highest BCUT2D eigenvalue weighted by atomic mass is 32.2. The van der Waals surface area contributed by atoms with Gasteiger partial charge < -0.3 is 5.11 Å². The van der Waals surface area contributed by atoms with Crippen LogP contribution in [0.25, 0.3) is 0 Å². The first-order valence-electron chi connectivity index (χ1n) is 5.28. The first kappa shape index (κ1) is 14.1. The number of halogens is 1. The molecule has 0 heterocycles. The van der Waals surface area contributed by atoms with E-state index in [-0.39, 0.29) is 5.56 Å². The minimum absolute atomic E-state index is 0.0634. The van der Waals surface area contributed by atoms with Crippen LogP contribution in [-0.2, 0) is 9.84 Å². The normalized spacial score (nSPS) is 15.6. The molecule has 0 aliphatic carbocycles. The molecule has 0 saturated carbocycles. The number of hydrogen-bond donors (Lipinski definition) is 1. The van der Waals surface area contributed by atoms with Crippen molar-refractivity contribution in [2.24, 2.45) is 0 Å². The van der Waals surface area contributed by atoms with Gasteiger partial charge >= 0.3 is 0 Å². The number of benzene rings is 1. The summed E-state index contributed by atoms with van der Waals surface area (Å²) < 4.78 is 36.5. The number of hydrogen-bond acceptors (Lipinski definition) is 3. The van der Waals surface area contributed by atoms with Crippen molar-refractivity contribution >= 4 is 9.84 Å². The number of aliphatic hydroxyl groups excluding tert-OH is 1. The summed E-state index contributed by atoms with van der Waals surface area (Å²) in [4.78, 5) is 0. The number of sulfone groups is 1. The van der Waals surface area contributed by atoms with Gasteiger partial charge in [-0.25, -0.2) is 12.8 Å². The van der Waals surface area contributed by atoms with E-state index >= 15 is 0 Å². The molecule has 17 heavy (non-hydrogen) atoms. The van der Waals surface area contributed by atoms with Crippen molar-refractivity contribution in [2.75, 3.05) is 6.26 Å². The highest BCUT2D eigenvalue weighted by Crippen LogP contribution is 2.27. The Morgan fingerprint density at radius 3 is 2.24 bits per heavy atom. The summed E-state index contributed by atoms with van der Waals surface area (Å²) in [6, 6.07) is 3.01. The molecule has 0 aliphatic heterocycles. The van der Waals surface area contributed by atoms with Crippen LogP contribution < -0.4 is 0 Å². The summed E-state index contributed by atoms with van der Waals surface area (Å²) in [5.74, 6) is -0.564. The maximum atomic E-state index is 13.8. The minimum atomic E-state index is -3.41. The van der Waals surface area contributed by atoms with Gasteiger partial charge in [0.15, 0.2) is 9.84 Å². The highest BCUT2D eigenvalue weighted by molar-refractivity contribution is 7.91. The van der Waals surface area contributed by atoms with E-state index in [4.69, 9.17) is 0 Å². The second kappa shape index (κ2) is 4.74. The Bertz CT molecular complexity index is 500. The van der Waals surface area contributed by atoms with Gasteiger partial charge in [0.2, 0.25) is 0 Å². The van der Waals surface area contributed by atoms with E-state index in [1.54, 1.807) is 19.9 Å². The van der Waals surface area contributed by atoms with E-state index in [1.165, 1.54) is 13.0 Å². The lowest BCUT2D eigenvalue weighted by molar-refractivity contribution is 0.170. The molecule has 0 radical (unpaired) electrons. The molecule has 1 aromatic rings. The van der Waals surface area contributed by atoms with Crippen molar-refractivity contribution in [2.45, 2.75) is 32.1 Å². The van der Waals surface area contributed by atoms with Crippen LogP contribution in [0.2, 0.25) is 0 Å². The summed E-state index contributed by atoms with van der Waals surface area (Å²) in [6.07, 6.45) is -0.312. The van der Waals surface area contributed by atoms with Crippen LogP contribution in [0.1, 0.15) is 29.7 Å². The van der Waals surface area contributed by atoms with Crippen molar-refractivity contribution in [3.8, 4) is 0 Å². The van der Waals surface area contributed by atoms with Crippen LogP contribution in [0.3, 0.4) is 0 Å². The van der Waals surface area contributed by atoms with Crippen LogP contribution in [0, 0.1) is 19.7 Å². The SMILES string of the molecule is Cc1cc(C)c(C(O)C(C)S(C)(=O)=O)c(F)c1. The van der Waals surface area contributed by atoms with E-state index in [0.717, 1.165) is 11.8 Å². The van der Waals surface area contributed by atoms with Gasteiger partial charge in [0.05, 0.1) is 11.4 Å². The Morgan fingerprint density at radius 1 is 1.29 bits per heavy atom. The molecule has 0 aliphatic rings. The van der Waals surface area contributed by atoms with Crippen molar-refractivity contribution < 1.29 is 17.9 Å². The molecule has 0 spiro atoms. The first-order valence-corrected chi connectivity index (χ1v) is 7.23. The van der Waals surface area contributed by atoms with Crippen molar-refractivity contribution in [3.05, 3.63) is 34.6 Å². The number of aliphatic hydroxyl groups is 1. The fourth-order valence-corrected chi connectivity index (χ4v) is 2.37. The van der Waals surface area contributed by atoms with Gasteiger partial charge in [-0.2, -0.15) is 0 Å². The molecule has 3 nitrogen and oxygen atoms in total. The maximum Gasteiger partial charge on any atom is 0.152 e. The molecule has 2 unspecified atom stereocenters. The van der Waals surface area contributed by atoms with E-state index in [9.17, 15) is 17.9 Å². The lowest BCUT2D eigenvalue weighted by atomic mass is 9.98. The Balaban J connectivity index is 3.26. The monoisotopic (exact) mass is 260 g/mol. The van der Waals surface area contributed by atoms with E-state index < -0.39 is 27.0 Å². The molecule has 1 rings (SSSR count).